The number of aryl methyl sites for hydroxylation is 1. The molecule has 2 N–H and O–H groups in total. The van der Waals surface area contributed by atoms with Crippen LogP contribution in [-0.2, 0) is 16.0 Å². The lowest BCUT2D eigenvalue weighted by molar-refractivity contribution is -0.142. The van der Waals surface area contributed by atoms with E-state index >= 15 is 0 Å². The number of benzene rings is 1. The number of nitrogens with zero attached hydrogens (tertiary/aromatic N) is 1. The Morgan fingerprint density at radius 3 is 2.54 bits per heavy atom. The number of carbonyl (C=O) groups excluding carboxylic acids is 1. The predicted octanol–water partition coefficient (Wildman–Crippen LogP) is 1.54. The molecule has 0 radical (unpaired) electrons. The van der Waals surface area contributed by atoms with Gasteiger partial charge in [0.1, 0.15) is 11.8 Å². The molecule has 6 nitrogen and oxygen atoms in total. The molecule has 0 spiro atoms. The molecule has 2 unspecified atom stereocenters. The number of aliphatic carboxylic acids is 1. The molecule has 0 aliphatic carbocycles. The molecule has 1 saturated heterocycles. The Bertz CT molecular complexity index is 551. The molecule has 0 aromatic heterocycles. The van der Waals surface area contributed by atoms with Crippen molar-refractivity contribution >= 4 is 11.9 Å². The number of carboxylic acid groups (broad SMARTS) is 1. The zero-order chi connectivity index (χ0) is 17.5. The fourth-order valence-electron chi connectivity index (χ4n) is 3.01. The Morgan fingerprint density at radius 1 is 1.29 bits per heavy atom. The molecule has 1 fully saturated rings. The van der Waals surface area contributed by atoms with E-state index in [-0.39, 0.29) is 11.8 Å². The fourth-order valence-corrected chi connectivity index (χ4v) is 3.01. The van der Waals surface area contributed by atoms with E-state index in [4.69, 9.17) is 9.84 Å². The van der Waals surface area contributed by atoms with Gasteiger partial charge in [-0.2, -0.15) is 0 Å². The summed E-state index contributed by atoms with van der Waals surface area (Å²) in [6.07, 6.45) is 2.94. The molecule has 0 bridgehead atoms. The van der Waals surface area contributed by atoms with E-state index in [9.17, 15) is 9.59 Å². The van der Waals surface area contributed by atoms with Crippen LogP contribution in [0.2, 0.25) is 0 Å². The standard InChI is InChI=1S/C18H26N2O4/c1-20(11-3-4-13-5-8-15(24-2)9-6-13)17(21)14-7-10-16(18(22)23)19-12-14/h5-6,8-9,14,16,19H,3-4,7,10-12H2,1-2H3,(H,22,23). The van der Waals surface area contributed by atoms with Crippen molar-refractivity contribution in [1.82, 2.24) is 10.2 Å². The molecular weight excluding hydrogens is 308 g/mol. The highest BCUT2D eigenvalue weighted by Crippen LogP contribution is 2.17. The van der Waals surface area contributed by atoms with Crippen molar-refractivity contribution < 1.29 is 19.4 Å². The van der Waals surface area contributed by atoms with Gasteiger partial charge >= 0.3 is 5.97 Å². The summed E-state index contributed by atoms with van der Waals surface area (Å²) in [5, 5.41) is 11.9. The van der Waals surface area contributed by atoms with Crippen LogP contribution in [0.5, 0.6) is 5.75 Å². The van der Waals surface area contributed by atoms with Gasteiger partial charge < -0.3 is 20.1 Å². The molecule has 2 rings (SSSR count). The number of piperidine rings is 1. The highest BCUT2D eigenvalue weighted by atomic mass is 16.5. The number of methoxy groups -OCH3 is 1. The van der Waals surface area contributed by atoms with Crippen molar-refractivity contribution in [2.75, 3.05) is 27.2 Å². The Hall–Kier alpha value is -2.08. The van der Waals surface area contributed by atoms with Crippen molar-refractivity contribution in [3.05, 3.63) is 29.8 Å². The highest BCUT2D eigenvalue weighted by Gasteiger charge is 2.30. The second kappa shape index (κ2) is 8.68. The van der Waals surface area contributed by atoms with Gasteiger partial charge in [-0.3, -0.25) is 9.59 Å². The molecule has 0 saturated carbocycles. The Labute approximate surface area is 142 Å². The monoisotopic (exact) mass is 334 g/mol. The van der Waals surface area contributed by atoms with Gasteiger partial charge in [0.25, 0.3) is 0 Å². The van der Waals surface area contributed by atoms with Gasteiger partial charge in [-0.15, -0.1) is 0 Å². The maximum absolute atomic E-state index is 12.4. The van der Waals surface area contributed by atoms with E-state index in [2.05, 4.69) is 5.32 Å². The van der Waals surface area contributed by atoms with Crippen LogP contribution in [0.25, 0.3) is 0 Å². The smallest absolute Gasteiger partial charge is 0.320 e. The lowest BCUT2D eigenvalue weighted by atomic mass is 9.93. The lowest BCUT2D eigenvalue weighted by Crippen LogP contribution is -2.48. The van der Waals surface area contributed by atoms with Crippen LogP contribution in [0.15, 0.2) is 24.3 Å². The molecule has 1 aromatic rings. The number of nitrogens with one attached hydrogen (secondary N) is 1. The molecule has 132 valence electrons. The van der Waals surface area contributed by atoms with E-state index in [1.165, 1.54) is 5.56 Å². The van der Waals surface area contributed by atoms with Gasteiger partial charge in [0.15, 0.2) is 0 Å². The average Bonchev–Trinajstić information content (AvgIpc) is 2.61. The number of carbonyl (C=O) groups is 2. The van der Waals surface area contributed by atoms with Crippen LogP contribution in [0, 0.1) is 5.92 Å². The molecule has 1 aliphatic heterocycles. The Morgan fingerprint density at radius 2 is 2.00 bits per heavy atom. The third kappa shape index (κ3) is 4.96. The van der Waals surface area contributed by atoms with E-state index in [1.807, 2.05) is 31.3 Å². The van der Waals surface area contributed by atoms with Crippen LogP contribution < -0.4 is 10.1 Å². The predicted molar refractivity (Wildman–Crippen MR) is 91.1 cm³/mol. The molecule has 2 atom stereocenters. The maximum atomic E-state index is 12.4. The number of rotatable bonds is 7. The van der Waals surface area contributed by atoms with E-state index in [0.29, 0.717) is 25.9 Å². The van der Waals surface area contributed by atoms with Crippen molar-refractivity contribution in [3.63, 3.8) is 0 Å². The fraction of sp³-hybridized carbons (Fsp3) is 0.556. The van der Waals surface area contributed by atoms with E-state index in [0.717, 1.165) is 18.6 Å². The molecule has 1 heterocycles. The topological polar surface area (TPSA) is 78.9 Å². The van der Waals surface area contributed by atoms with Gasteiger partial charge in [0.2, 0.25) is 5.91 Å². The minimum Gasteiger partial charge on any atom is -0.497 e. The molecular formula is C18H26N2O4. The number of hydrogen-bond donors (Lipinski definition) is 2. The zero-order valence-corrected chi connectivity index (χ0v) is 14.3. The van der Waals surface area contributed by atoms with Gasteiger partial charge in [-0.1, -0.05) is 12.1 Å². The normalized spacial score (nSPS) is 20.4. The van der Waals surface area contributed by atoms with Crippen LogP contribution in [0.1, 0.15) is 24.8 Å². The zero-order valence-electron chi connectivity index (χ0n) is 14.3. The third-order valence-corrected chi connectivity index (χ3v) is 4.56. The second-order valence-corrected chi connectivity index (χ2v) is 6.28. The first-order valence-corrected chi connectivity index (χ1v) is 8.35. The van der Waals surface area contributed by atoms with Crippen LogP contribution >= 0.6 is 0 Å². The van der Waals surface area contributed by atoms with Crippen LogP contribution in [-0.4, -0.2) is 55.2 Å². The summed E-state index contributed by atoms with van der Waals surface area (Å²) in [7, 11) is 3.47. The quantitative estimate of drug-likeness (QED) is 0.791. The van der Waals surface area contributed by atoms with Gasteiger partial charge in [0.05, 0.1) is 13.0 Å². The molecule has 1 aromatic carbocycles. The van der Waals surface area contributed by atoms with Crippen molar-refractivity contribution in [3.8, 4) is 5.75 Å². The minimum atomic E-state index is -0.839. The average molecular weight is 334 g/mol. The van der Waals surface area contributed by atoms with E-state index < -0.39 is 12.0 Å². The van der Waals surface area contributed by atoms with E-state index in [1.54, 1.807) is 12.0 Å². The number of carboxylic acids is 1. The van der Waals surface area contributed by atoms with Crippen molar-refractivity contribution in [2.24, 2.45) is 5.92 Å². The first kappa shape index (κ1) is 18.3. The third-order valence-electron chi connectivity index (χ3n) is 4.56. The Balaban J connectivity index is 1.72. The second-order valence-electron chi connectivity index (χ2n) is 6.28. The summed E-state index contributed by atoms with van der Waals surface area (Å²) < 4.78 is 5.14. The first-order valence-electron chi connectivity index (χ1n) is 8.35. The first-order chi connectivity index (χ1) is 11.5. The lowest BCUT2D eigenvalue weighted by Gasteiger charge is -2.29. The summed E-state index contributed by atoms with van der Waals surface area (Å²) in [5.41, 5.74) is 1.22. The maximum Gasteiger partial charge on any atom is 0.320 e. The van der Waals surface area contributed by atoms with Crippen LogP contribution in [0.3, 0.4) is 0 Å². The molecule has 1 aliphatic rings. The molecule has 24 heavy (non-hydrogen) atoms. The number of ether oxygens (including phenoxy) is 1. The summed E-state index contributed by atoms with van der Waals surface area (Å²) in [5.74, 6) is -0.0167. The Kier molecular flexibility index (Phi) is 6.61. The largest absolute Gasteiger partial charge is 0.497 e. The van der Waals surface area contributed by atoms with Crippen molar-refractivity contribution in [2.45, 2.75) is 31.7 Å². The SMILES string of the molecule is COc1ccc(CCCN(C)C(=O)C2CCC(C(=O)O)NC2)cc1. The van der Waals surface area contributed by atoms with Gasteiger partial charge in [-0.05, 0) is 43.4 Å². The van der Waals surface area contributed by atoms with Gasteiger partial charge in [0, 0.05) is 20.1 Å². The summed E-state index contributed by atoms with van der Waals surface area (Å²) in [6, 6.07) is 7.44. The van der Waals surface area contributed by atoms with Gasteiger partial charge in [-0.25, -0.2) is 0 Å². The van der Waals surface area contributed by atoms with Crippen molar-refractivity contribution in [1.29, 1.82) is 0 Å². The molecule has 1 amide bonds. The highest BCUT2D eigenvalue weighted by molar-refractivity contribution is 5.80. The number of hydrogen-bond acceptors (Lipinski definition) is 4. The summed E-state index contributed by atoms with van der Waals surface area (Å²) in [4.78, 5) is 25.1. The van der Waals surface area contributed by atoms with Crippen LogP contribution in [0.4, 0.5) is 0 Å². The number of amides is 1. The summed E-state index contributed by atoms with van der Waals surface area (Å²) >= 11 is 0. The minimum absolute atomic E-state index is 0.0982. The molecule has 6 heteroatoms. The summed E-state index contributed by atoms with van der Waals surface area (Å²) in [6.45, 7) is 1.14.